The molecule has 0 N–H and O–H groups in total. The Morgan fingerprint density at radius 3 is 2.69 bits per heavy atom. The largest absolute Gasteiger partial charge is 0.454 e. The molecule has 0 bridgehead atoms. The molecule has 4 rings (SSSR count). The predicted molar refractivity (Wildman–Crippen MR) is 91.6 cm³/mol. The third kappa shape index (κ3) is 3.27. The second kappa shape index (κ2) is 6.72. The molecule has 0 spiro atoms. The molecule has 1 aliphatic heterocycles. The first-order chi connectivity index (χ1) is 12.7. The number of carbonyl (C=O) groups is 1. The van der Waals surface area contributed by atoms with Crippen molar-refractivity contribution in [2.75, 3.05) is 6.79 Å². The van der Waals surface area contributed by atoms with Crippen LogP contribution >= 0.6 is 0 Å². The van der Waals surface area contributed by atoms with Crippen molar-refractivity contribution < 1.29 is 19.0 Å². The first-order valence-electron chi connectivity index (χ1n) is 7.93. The first-order valence-corrected chi connectivity index (χ1v) is 7.93. The molecule has 0 amide bonds. The predicted octanol–water partition coefficient (Wildman–Crippen LogP) is 2.24. The van der Waals surface area contributed by atoms with Crippen molar-refractivity contribution in [2.24, 2.45) is 0 Å². The molecule has 0 atom stereocenters. The van der Waals surface area contributed by atoms with Crippen molar-refractivity contribution in [3.05, 3.63) is 82.3 Å². The summed E-state index contributed by atoms with van der Waals surface area (Å²) in [7, 11) is 0. The summed E-state index contributed by atoms with van der Waals surface area (Å²) in [5.41, 5.74) is 0.648. The number of hydrogen-bond acceptors (Lipinski definition) is 6. The molecule has 26 heavy (non-hydrogen) atoms. The smallest absolute Gasteiger partial charge is 0.364 e. The van der Waals surface area contributed by atoms with Gasteiger partial charge in [0.05, 0.1) is 6.54 Å². The average molecular weight is 350 g/mol. The van der Waals surface area contributed by atoms with Gasteiger partial charge in [0.1, 0.15) is 5.75 Å². The van der Waals surface area contributed by atoms with Crippen molar-refractivity contribution in [1.29, 1.82) is 0 Å². The summed E-state index contributed by atoms with van der Waals surface area (Å²) >= 11 is 0. The van der Waals surface area contributed by atoms with Crippen LogP contribution in [0.5, 0.6) is 17.2 Å². The maximum absolute atomic E-state index is 12.4. The highest BCUT2D eigenvalue weighted by Gasteiger charge is 2.17. The minimum Gasteiger partial charge on any atom is -0.454 e. The second-order valence-corrected chi connectivity index (χ2v) is 5.60. The van der Waals surface area contributed by atoms with Gasteiger partial charge < -0.3 is 14.2 Å². The molecule has 7 heteroatoms. The van der Waals surface area contributed by atoms with Crippen LogP contribution in [-0.4, -0.2) is 22.5 Å². The summed E-state index contributed by atoms with van der Waals surface area (Å²) in [5, 5.41) is 4.11. The zero-order valence-corrected chi connectivity index (χ0v) is 13.6. The van der Waals surface area contributed by atoms with Crippen molar-refractivity contribution in [3.63, 3.8) is 0 Å². The van der Waals surface area contributed by atoms with Gasteiger partial charge in [0.2, 0.25) is 6.79 Å². The third-order valence-corrected chi connectivity index (χ3v) is 3.81. The standard InChI is InChI=1S/C19H14N2O5/c22-18-9-7-15(20-21(18)11-13-4-2-1-3-5-13)19(23)26-14-6-8-16-17(10-14)25-12-24-16/h1-10H,11-12H2. The lowest BCUT2D eigenvalue weighted by molar-refractivity contribution is 0.0725. The van der Waals surface area contributed by atoms with Gasteiger partial charge in [-0.2, -0.15) is 5.10 Å². The quantitative estimate of drug-likeness (QED) is 0.530. The first kappa shape index (κ1) is 15.9. The van der Waals surface area contributed by atoms with E-state index in [1.807, 2.05) is 30.3 Å². The van der Waals surface area contributed by atoms with Gasteiger partial charge in [-0.25, -0.2) is 9.48 Å². The van der Waals surface area contributed by atoms with Crippen molar-refractivity contribution in [3.8, 4) is 17.2 Å². The van der Waals surface area contributed by atoms with Crippen LogP contribution in [0.4, 0.5) is 0 Å². The Balaban J connectivity index is 1.54. The van der Waals surface area contributed by atoms with E-state index in [0.717, 1.165) is 5.56 Å². The fourth-order valence-electron chi connectivity index (χ4n) is 2.53. The van der Waals surface area contributed by atoms with Crippen LogP contribution in [0.2, 0.25) is 0 Å². The molecular formula is C19H14N2O5. The van der Waals surface area contributed by atoms with E-state index in [9.17, 15) is 9.59 Å². The number of ether oxygens (including phenoxy) is 3. The highest BCUT2D eigenvalue weighted by molar-refractivity contribution is 5.88. The fourth-order valence-corrected chi connectivity index (χ4v) is 2.53. The number of fused-ring (bicyclic) bond motifs is 1. The minimum absolute atomic E-state index is 0.0400. The molecular weight excluding hydrogens is 336 g/mol. The van der Waals surface area contributed by atoms with Crippen molar-refractivity contribution in [2.45, 2.75) is 6.54 Å². The topological polar surface area (TPSA) is 79.7 Å². The zero-order valence-electron chi connectivity index (χ0n) is 13.6. The van der Waals surface area contributed by atoms with E-state index >= 15 is 0 Å². The molecule has 0 saturated carbocycles. The summed E-state index contributed by atoms with van der Waals surface area (Å²) in [4.78, 5) is 24.4. The van der Waals surface area contributed by atoms with Gasteiger partial charge >= 0.3 is 5.97 Å². The van der Waals surface area contributed by atoms with Gasteiger partial charge in [-0.15, -0.1) is 0 Å². The molecule has 7 nitrogen and oxygen atoms in total. The van der Waals surface area contributed by atoms with Crippen LogP contribution in [0.3, 0.4) is 0 Å². The lowest BCUT2D eigenvalue weighted by atomic mass is 10.2. The Hall–Kier alpha value is -3.61. The van der Waals surface area contributed by atoms with E-state index in [-0.39, 0.29) is 24.6 Å². The van der Waals surface area contributed by atoms with E-state index in [0.29, 0.717) is 17.2 Å². The Bertz CT molecular complexity index is 1010. The lowest BCUT2D eigenvalue weighted by Gasteiger charge is -2.08. The Kier molecular flexibility index (Phi) is 4.10. The molecule has 0 saturated heterocycles. The normalized spacial score (nSPS) is 12.0. The third-order valence-electron chi connectivity index (χ3n) is 3.81. The number of carbonyl (C=O) groups excluding carboxylic acids is 1. The van der Waals surface area contributed by atoms with E-state index in [4.69, 9.17) is 14.2 Å². The number of hydrogen-bond donors (Lipinski definition) is 0. The Morgan fingerprint density at radius 2 is 1.85 bits per heavy atom. The fraction of sp³-hybridized carbons (Fsp3) is 0.105. The van der Waals surface area contributed by atoms with E-state index in [1.165, 1.54) is 16.8 Å². The Labute approximate surface area is 148 Å². The monoisotopic (exact) mass is 350 g/mol. The summed E-state index contributed by atoms with van der Waals surface area (Å²) in [6.07, 6.45) is 0. The van der Waals surface area contributed by atoms with Crippen molar-refractivity contribution in [1.82, 2.24) is 9.78 Å². The maximum atomic E-state index is 12.4. The molecule has 0 aliphatic carbocycles. The zero-order chi connectivity index (χ0) is 17.9. The number of rotatable bonds is 4. The summed E-state index contributed by atoms with van der Waals surface area (Å²) < 4.78 is 17.0. The van der Waals surface area contributed by atoms with Gasteiger partial charge in [0.15, 0.2) is 17.2 Å². The van der Waals surface area contributed by atoms with E-state index in [2.05, 4.69) is 5.10 Å². The molecule has 2 heterocycles. The molecule has 2 aromatic carbocycles. The molecule has 3 aromatic rings. The molecule has 130 valence electrons. The molecule has 1 aliphatic rings. The SMILES string of the molecule is O=C(Oc1ccc2c(c1)OCO2)c1ccc(=O)n(Cc2ccccc2)n1. The van der Waals surface area contributed by atoms with Gasteiger partial charge in [-0.3, -0.25) is 4.79 Å². The van der Waals surface area contributed by atoms with Crippen LogP contribution in [-0.2, 0) is 6.54 Å². The minimum atomic E-state index is -0.661. The number of nitrogens with zero attached hydrogens (tertiary/aromatic N) is 2. The highest BCUT2D eigenvalue weighted by Crippen LogP contribution is 2.35. The molecule has 0 unspecified atom stereocenters. The average Bonchev–Trinajstić information content (AvgIpc) is 3.12. The number of esters is 1. The van der Waals surface area contributed by atoms with Crippen LogP contribution in [0.25, 0.3) is 0 Å². The summed E-state index contributed by atoms with van der Waals surface area (Å²) in [6.45, 7) is 0.406. The van der Waals surface area contributed by atoms with Gasteiger partial charge in [-0.1, -0.05) is 30.3 Å². The molecule has 0 fully saturated rings. The maximum Gasteiger partial charge on any atom is 0.364 e. The molecule has 0 radical (unpaired) electrons. The van der Waals surface area contributed by atoms with Gasteiger partial charge in [-0.05, 0) is 23.8 Å². The summed E-state index contributed by atoms with van der Waals surface area (Å²) in [6, 6.07) is 16.9. The lowest BCUT2D eigenvalue weighted by Crippen LogP contribution is -2.26. The van der Waals surface area contributed by atoms with Gasteiger partial charge in [0.25, 0.3) is 5.56 Å². The van der Waals surface area contributed by atoms with Crippen LogP contribution in [0.1, 0.15) is 16.1 Å². The van der Waals surface area contributed by atoms with Gasteiger partial charge in [0, 0.05) is 12.1 Å². The number of aromatic nitrogens is 2. The second-order valence-electron chi connectivity index (χ2n) is 5.60. The van der Waals surface area contributed by atoms with E-state index < -0.39 is 5.97 Å². The van der Waals surface area contributed by atoms with Crippen LogP contribution in [0.15, 0.2) is 65.5 Å². The molecule has 1 aromatic heterocycles. The van der Waals surface area contributed by atoms with E-state index in [1.54, 1.807) is 18.2 Å². The number of benzene rings is 2. The highest BCUT2D eigenvalue weighted by atomic mass is 16.7. The Morgan fingerprint density at radius 1 is 1.04 bits per heavy atom. The van der Waals surface area contributed by atoms with Crippen molar-refractivity contribution >= 4 is 5.97 Å². The summed E-state index contributed by atoms with van der Waals surface area (Å²) in [5.74, 6) is 0.754. The van der Waals surface area contributed by atoms with Crippen LogP contribution in [0, 0.1) is 0 Å². The van der Waals surface area contributed by atoms with Crippen LogP contribution < -0.4 is 19.8 Å².